The second kappa shape index (κ2) is 10.6. The minimum absolute atomic E-state index is 0.0141. The van der Waals surface area contributed by atoms with Gasteiger partial charge >= 0.3 is 5.76 Å². The van der Waals surface area contributed by atoms with E-state index < -0.39 is 5.76 Å². The van der Waals surface area contributed by atoms with Gasteiger partial charge in [-0.1, -0.05) is 73.8 Å². The van der Waals surface area contributed by atoms with Crippen molar-refractivity contribution < 1.29 is 4.42 Å². The summed E-state index contributed by atoms with van der Waals surface area (Å²) in [5.41, 5.74) is 4.02. The second-order valence-corrected chi connectivity index (χ2v) is 10.9. The van der Waals surface area contributed by atoms with Gasteiger partial charge in [-0.15, -0.1) is 5.10 Å². The van der Waals surface area contributed by atoms with Crippen molar-refractivity contribution in [2.75, 3.05) is 11.9 Å². The summed E-state index contributed by atoms with van der Waals surface area (Å²) in [4.78, 5) is 28.5. The zero-order valence-corrected chi connectivity index (χ0v) is 22.7. The maximum Gasteiger partial charge on any atom is 0.434 e. The van der Waals surface area contributed by atoms with E-state index >= 15 is 0 Å². The Balaban J connectivity index is 1.54. The third-order valence-corrected chi connectivity index (χ3v) is 7.73. The molecule has 0 aliphatic heterocycles. The first-order chi connectivity index (χ1) is 18.9. The predicted octanol–water partition coefficient (Wildman–Crippen LogP) is 5.95. The SMILES string of the molecule is CN(Cc1ccccc1)c1nc2nc(-c3n[nH]c(=O)o3)nc(-c3cccc(Cl)c3)c2n1C[C@H]1CC[C@H](C)CC1. The Morgan fingerprint density at radius 3 is 2.56 bits per heavy atom. The zero-order chi connectivity index (χ0) is 26.9. The van der Waals surface area contributed by atoms with Crippen molar-refractivity contribution in [3.8, 4) is 23.0 Å². The molecule has 0 radical (unpaired) electrons. The molecule has 3 aromatic heterocycles. The average molecular weight is 544 g/mol. The van der Waals surface area contributed by atoms with Crippen molar-refractivity contribution in [1.29, 1.82) is 0 Å². The van der Waals surface area contributed by atoms with Gasteiger partial charge in [0.05, 0.1) is 0 Å². The van der Waals surface area contributed by atoms with E-state index in [2.05, 4.69) is 38.7 Å². The monoisotopic (exact) mass is 543 g/mol. The molecule has 6 rings (SSSR count). The summed E-state index contributed by atoms with van der Waals surface area (Å²) in [6.07, 6.45) is 4.80. The van der Waals surface area contributed by atoms with Gasteiger partial charge in [0.25, 0.3) is 5.89 Å². The summed E-state index contributed by atoms with van der Waals surface area (Å²) < 4.78 is 7.47. The fraction of sp³-hybridized carbons (Fsp3) is 0.345. The molecule has 0 saturated heterocycles. The molecule has 0 atom stereocenters. The number of H-pyrrole nitrogens is 1. The molecule has 5 aromatic rings. The summed E-state index contributed by atoms with van der Waals surface area (Å²) >= 11 is 6.41. The molecular weight excluding hydrogens is 514 g/mol. The highest BCUT2D eigenvalue weighted by Gasteiger charge is 2.27. The molecule has 0 amide bonds. The fourth-order valence-corrected chi connectivity index (χ4v) is 5.64. The summed E-state index contributed by atoms with van der Waals surface area (Å²) in [5, 5.41) is 6.86. The molecule has 2 aromatic carbocycles. The number of halogens is 1. The number of imidazole rings is 1. The van der Waals surface area contributed by atoms with E-state index in [1.165, 1.54) is 31.2 Å². The van der Waals surface area contributed by atoms with Crippen LogP contribution in [-0.4, -0.2) is 36.8 Å². The minimum atomic E-state index is -0.668. The highest BCUT2D eigenvalue weighted by Crippen LogP contribution is 2.36. The first kappa shape index (κ1) is 25.3. The van der Waals surface area contributed by atoms with Gasteiger partial charge < -0.3 is 13.9 Å². The van der Waals surface area contributed by atoms with Crippen LogP contribution in [0.15, 0.2) is 63.8 Å². The number of benzene rings is 2. The highest BCUT2D eigenvalue weighted by molar-refractivity contribution is 6.30. The quantitative estimate of drug-likeness (QED) is 0.270. The molecule has 1 aliphatic carbocycles. The molecule has 9 nitrogen and oxygen atoms in total. The summed E-state index contributed by atoms with van der Waals surface area (Å²) in [6.45, 7) is 3.83. The smallest absolute Gasteiger partial charge is 0.384 e. The Hall–Kier alpha value is -3.98. The lowest BCUT2D eigenvalue weighted by molar-refractivity contribution is 0.267. The largest absolute Gasteiger partial charge is 0.434 e. The molecule has 3 heterocycles. The molecule has 1 N–H and O–H groups in total. The first-order valence-electron chi connectivity index (χ1n) is 13.3. The molecule has 0 spiro atoms. The molecular formula is C29H30ClN7O2. The van der Waals surface area contributed by atoms with Gasteiger partial charge in [0.15, 0.2) is 5.65 Å². The van der Waals surface area contributed by atoms with Crippen LogP contribution in [0.1, 0.15) is 38.2 Å². The number of nitrogens with one attached hydrogen (secondary N) is 1. The van der Waals surface area contributed by atoms with Crippen LogP contribution < -0.4 is 10.7 Å². The lowest BCUT2D eigenvalue weighted by Gasteiger charge is -2.28. The van der Waals surface area contributed by atoms with Gasteiger partial charge in [0, 0.05) is 30.7 Å². The van der Waals surface area contributed by atoms with Gasteiger partial charge in [0.2, 0.25) is 11.8 Å². The molecule has 10 heteroatoms. The van der Waals surface area contributed by atoms with Gasteiger partial charge in [-0.3, -0.25) is 0 Å². The van der Waals surface area contributed by atoms with E-state index in [9.17, 15) is 4.79 Å². The Kier molecular flexibility index (Phi) is 6.91. The topological polar surface area (TPSA) is 106 Å². The third kappa shape index (κ3) is 5.31. The Morgan fingerprint density at radius 2 is 1.85 bits per heavy atom. The number of fused-ring (bicyclic) bond motifs is 1. The lowest BCUT2D eigenvalue weighted by Crippen LogP contribution is -2.24. The molecule has 39 heavy (non-hydrogen) atoms. The van der Waals surface area contributed by atoms with Gasteiger partial charge in [-0.25, -0.2) is 19.9 Å². The van der Waals surface area contributed by atoms with Crippen LogP contribution >= 0.6 is 11.6 Å². The fourth-order valence-electron chi connectivity index (χ4n) is 5.45. The van der Waals surface area contributed by atoms with E-state index in [-0.39, 0.29) is 11.7 Å². The predicted molar refractivity (Wildman–Crippen MR) is 152 cm³/mol. The third-order valence-electron chi connectivity index (χ3n) is 7.49. The van der Waals surface area contributed by atoms with Crippen molar-refractivity contribution in [2.24, 2.45) is 11.8 Å². The summed E-state index contributed by atoms with van der Waals surface area (Å²) in [7, 11) is 2.05. The molecule has 1 fully saturated rings. The Morgan fingerprint density at radius 1 is 1.05 bits per heavy atom. The highest BCUT2D eigenvalue weighted by atomic mass is 35.5. The van der Waals surface area contributed by atoms with Crippen LogP contribution in [0.4, 0.5) is 5.95 Å². The number of hydrogen-bond acceptors (Lipinski definition) is 7. The van der Waals surface area contributed by atoms with Crippen molar-refractivity contribution >= 4 is 28.7 Å². The molecule has 0 bridgehead atoms. The van der Waals surface area contributed by atoms with Crippen LogP contribution in [0.25, 0.3) is 34.1 Å². The molecule has 200 valence electrons. The number of aromatic amines is 1. The van der Waals surface area contributed by atoms with Crippen LogP contribution in [0, 0.1) is 11.8 Å². The van der Waals surface area contributed by atoms with E-state index in [1.54, 1.807) is 0 Å². The van der Waals surface area contributed by atoms with Crippen molar-refractivity contribution in [2.45, 2.75) is 45.7 Å². The molecule has 0 unspecified atom stereocenters. The maximum absolute atomic E-state index is 11.7. The zero-order valence-electron chi connectivity index (χ0n) is 22.0. The van der Waals surface area contributed by atoms with Crippen molar-refractivity contribution in [3.63, 3.8) is 0 Å². The van der Waals surface area contributed by atoms with Crippen molar-refractivity contribution in [1.82, 2.24) is 29.7 Å². The van der Waals surface area contributed by atoms with Crippen LogP contribution in [0.3, 0.4) is 0 Å². The number of hydrogen-bond donors (Lipinski definition) is 1. The maximum atomic E-state index is 11.7. The Bertz CT molecular complexity index is 1650. The van der Waals surface area contributed by atoms with E-state index in [0.717, 1.165) is 29.5 Å². The van der Waals surface area contributed by atoms with Crippen LogP contribution in [0.2, 0.25) is 5.02 Å². The summed E-state index contributed by atoms with van der Waals surface area (Å²) in [6, 6.07) is 17.9. The van der Waals surface area contributed by atoms with Gasteiger partial charge in [0.1, 0.15) is 11.2 Å². The van der Waals surface area contributed by atoms with E-state index in [1.807, 2.05) is 49.5 Å². The second-order valence-electron chi connectivity index (χ2n) is 10.5. The minimum Gasteiger partial charge on any atom is -0.384 e. The normalized spacial score (nSPS) is 17.5. The number of nitrogens with zero attached hydrogens (tertiary/aromatic N) is 6. The van der Waals surface area contributed by atoms with E-state index in [4.69, 9.17) is 31.0 Å². The van der Waals surface area contributed by atoms with Gasteiger partial charge in [-0.2, -0.15) is 4.98 Å². The standard InChI is InChI=1S/C29H30ClN7O2/c1-18-11-13-20(14-12-18)17-37-24-23(21-9-6-10-22(30)15-21)31-26(27-34-35-29(38)39-27)32-25(24)33-28(37)36(2)16-19-7-4-3-5-8-19/h3-10,15,18,20H,11-14,16-17H2,1-2H3,(H,35,38)/t18-,20-. The number of aromatic nitrogens is 6. The Labute approximate surface area is 230 Å². The molecule has 1 aliphatic rings. The van der Waals surface area contributed by atoms with E-state index in [0.29, 0.717) is 28.8 Å². The van der Waals surface area contributed by atoms with Crippen LogP contribution in [0.5, 0.6) is 0 Å². The van der Waals surface area contributed by atoms with Crippen LogP contribution in [-0.2, 0) is 13.1 Å². The van der Waals surface area contributed by atoms with Crippen molar-refractivity contribution in [3.05, 3.63) is 75.7 Å². The number of anilines is 1. The average Bonchev–Trinajstić information content (AvgIpc) is 3.54. The summed E-state index contributed by atoms with van der Waals surface area (Å²) in [5.74, 6) is 1.63. The van der Waals surface area contributed by atoms with Gasteiger partial charge in [-0.05, 0) is 42.4 Å². The number of rotatable bonds is 7. The molecule has 1 saturated carbocycles. The lowest BCUT2D eigenvalue weighted by atomic mass is 9.83. The first-order valence-corrected chi connectivity index (χ1v) is 13.7.